The Morgan fingerprint density at radius 2 is 1.54 bits per heavy atom. The van der Waals surface area contributed by atoms with E-state index in [1.807, 2.05) is 48.5 Å². The molecule has 138 valence electrons. The molecule has 0 saturated heterocycles. The quantitative estimate of drug-likeness (QED) is 0.466. The third kappa shape index (κ3) is 3.86. The van der Waals surface area contributed by atoms with Gasteiger partial charge in [0.1, 0.15) is 16.9 Å². The zero-order valence-corrected chi connectivity index (χ0v) is 14.8. The minimum absolute atomic E-state index is 0.0692. The monoisotopic (exact) mass is 371 g/mol. The lowest BCUT2D eigenvalue weighted by Crippen LogP contribution is -2.22. The van der Waals surface area contributed by atoms with E-state index in [4.69, 9.17) is 4.42 Å². The standard InChI is InChI=1S/C22H17N3O3/c26-18-12-11-15-13-19(21(27)23-16-7-3-1-4-8-16)22(28-20(15)14-18)25-24-17-9-5-2-6-10-17/h1-14,24,26H,(H,23,27)/b25-22+. The predicted octanol–water partition coefficient (Wildman–Crippen LogP) is 4.32. The SMILES string of the molecule is O=C(Nc1ccccc1)c1cc2ccc(O)cc2o/c1=N/Nc1ccccc1. The highest BCUT2D eigenvalue weighted by Crippen LogP contribution is 2.20. The number of fused-ring (bicyclic) bond motifs is 1. The van der Waals surface area contributed by atoms with Gasteiger partial charge in [0.15, 0.2) is 0 Å². The van der Waals surface area contributed by atoms with Crippen LogP contribution in [0.2, 0.25) is 0 Å². The van der Waals surface area contributed by atoms with E-state index in [1.54, 1.807) is 24.3 Å². The maximum absolute atomic E-state index is 12.8. The van der Waals surface area contributed by atoms with Crippen molar-refractivity contribution in [2.45, 2.75) is 0 Å². The normalized spacial score (nSPS) is 11.4. The Labute approximate surface area is 160 Å². The van der Waals surface area contributed by atoms with E-state index in [-0.39, 0.29) is 22.8 Å². The number of phenols is 1. The molecule has 0 spiro atoms. The number of anilines is 2. The largest absolute Gasteiger partial charge is 0.508 e. The second kappa shape index (κ2) is 7.67. The van der Waals surface area contributed by atoms with Gasteiger partial charge < -0.3 is 14.8 Å². The van der Waals surface area contributed by atoms with Gasteiger partial charge in [-0.05, 0) is 42.5 Å². The highest BCUT2D eigenvalue weighted by Gasteiger charge is 2.13. The Hall–Kier alpha value is -4.06. The first-order valence-electron chi connectivity index (χ1n) is 8.67. The molecule has 0 saturated carbocycles. The van der Waals surface area contributed by atoms with Gasteiger partial charge >= 0.3 is 0 Å². The topological polar surface area (TPSA) is 86.9 Å². The molecule has 0 radical (unpaired) electrons. The molecule has 0 unspecified atom stereocenters. The number of benzene rings is 3. The van der Waals surface area contributed by atoms with Gasteiger partial charge in [-0.15, -0.1) is 5.10 Å². The molecule has 0 aliphatic heterocycles. The van der Waals surface area contributed by atoms with Crippen LogP contribution in [0.25, 0.3) is 11.0 Å². The van der Waals surface area contributed by atoms with Crippen LogP contribution < -0.4 is 16.3 Å². The van der Waals surface area contributed by atoms with Gasteiger partial charge in [-0.1, -0.05) is 36.4 Å². The van der Waals surface area contributed by atoms with Crippen LogP contribution in [0.5, 0.6) is 5.75 Å². The molecule has 0 bridgehead atoms. The van der Waals surface area contributed by atoms with Crippen molar-refractivity contribution in [1.82, 2.24) is 0 Å². The highest BCUT2D eigenvalue weighted by atomic mass is 16.3. The third-order valence-corrected chi connectivity index (χ3v) is 4.07. The van der Waals surface area contributed by atoms with Crippen LogP contribution in [0, 0.1) is 0 Å². The molecule has 0 aliphatic rings. The van der Waals surface area contributed by atoms with Crippen LogP contribution in [-0.2, 0) is 0 Å². The number of nitrogens with one attached hydrogen (secondary N) is 2. The van der Waals surface area contributed by atoms with E-state index in [0.29, 0.717) is 16.7 Å². The molecule has 3 aromatic carbocycles. The third-order valence-electron chi connectivity index (χ3n) is 4.07. The smallest absolute Gasteiger partial charge is 0.261 e. The highest BCUT2D eigenvalue weighted by molar-refractivity contribution is 6.05. The van der Waals surface area contributed by atoms with Gasteiger partial charge in [0.05, 0.1) is 5.69 Å². The van der Waals surface area contributed by atoms with Crippen molar-refractivity contribution in [3.05, 3.63) is 96.0 Å². The van der Waals surface area contributed by atoms with Crippen LogP contribution in [0.15, 0.2) is 94.4 Å². The Morgan fingerprint density at radius 1 is 0.857 bits per heavy atom. The molecule has 6 nitrogen and oxygen atoms in total. The molecule has 4 rings (SSSR count). The molecule has 28 heavy (non-hydrogen) atoms. The summed E-state index contributed by atoms with van der Waals surface area (Å²) in [5.74, 6) is -0.279. The molecule has 1 aromatic heterocycles. The summed E-state index contributed by atoms with van der Waals surface area (Å²) in [6, 6.07) is 24.9. The van der Waals surface area contributed by atoms with E-state index >= 15 is 0 Å². The molecule has 1 amide bonds. The van der Waals surface area contributed by atoms with Gasteiger partial charge in [-0.3, -0.25) is 10.2 Å². The number of carbonyl (C=O) groups is 1. The Balaban J connectivity index is 1.78. The molecular weight excluding hydrogens is 354 g/mol. The average molecular weight is 371 g/mol. The summed E-state index contributed by atoms with van der Waals surface area (Å²) in [6.45, 7) is 0. The van der Waals surface area contributed by atoms with Gasteiger partial charge in [-0.25, -0.2) is 0 Å². The van der Waals surface area contributed by atoms with Crippen LogP contribution in [0.4, 0.5) is 11.4 Å². The van der Waals surface area contributed by atoms with E-state index in [0.717, 1.165) is 5.69 Å². The van der Waals surface area contributed by atoms with Crippen molar-refractivity contribution in [2.24, 2.45) is 5.10 Å². The van der Waals surface area contributed by atoms with Crippen molar-refractivity contribution in [1.29, 1.82) is 0 Å². The number of phenolic OH excluding ortho intramolecular Hbond substituents is 1. The number of para-hydroxylation sites is 2. The lowest BCUT2D eigenvalue weighted by molar-refractivity contribution is 0.102. The number of nitrogens with zero attached hydrogens (tertiary/aromatic N) is 1. The zero-order valence-electron chi connectivity index (χ0n) is 14.8. The number of amides is 1. The van der Waals surface area contributed by atoms with Crippen molar-refractivity contribution in [2.75, 3.05) is 10.7 Å². The fraction of sp³-hybridized carbons (Fsp3) is 0. The van der Waals surface area contributed by atoms with Crippen LogP contribution in [0.3, 0.4) is 0 Å². The molecule has 1 heterocycles. The van der Waals surface area contributed by atoms with E-state index in [2.05, 4.69) is 15.8 Å². The summed E-state index contributed by atoms with van der Waals surface area (Å²) in [5, 5.41) is 17.5. The second-order valence-corrected chi connectivity index (χ2v) is 6.10. The minimum Gasteiger partial charge on any atom is -0.508 e. The zero-order chi connectivity index (χ0) is 19.3. The maximum atomic E-state index is 12.8. The minimum atomic E-state index is -0.349. The van der Waals surface area contributed by atoms with Crippen molar-refractivity contribution < 1.29 is 14.3 Å². The second-order valence-electron chi connectivity index (χ2n) is 6.10. The van der Waals surface area contributed by atoms with Gasteiger partial charge in [0.2, 0.25) is 5.55 Å². The van der Waals surface area contributed by atoms with Crippen LogP contribution >= 0.6 is 0 Å². The number of carbonyl (C=O) groups excluding carboxylic acids is 1. The Kier molecular flexibility index (Phi) is 4.76. The van der Waals surface area contributed by atoms with E-state index < -0.39 is 0 Å². The lowest BCUT2D eigenvalue weighted by Gasteiger charge is -2.07. The van der Waals surface area contributed by atoms with Crippen molar-refractivity contribution in [3.8, 4) is 5.75 Å². The summed E-state index contributed by atoms with van der Waals surface area (Å²) in [6.07, 6.45) is 0. The van der Waals surface area contributed by atoms with Crippen LogP contribution in [0.1, 0.15) is 10.4 Å². The summed E-state index contributed by atoms with van der Waals surface area (Å²) in [7, 11) is 0. The molecular formula is C22H17N3O3. The number of hydrogen-bond acceptors (Lipinski definition) is 5. The van der Waals surface area contributed by atoms with Crippen molar-refractivity contribution >= 4 is 28.3 Å². The Bertz CT molecular complexity index is 1190. The lowest BCUT2D eigenvalue weighted by atomic mass is 10.1. The van der Waals surface area contributed by atoms with Gasteiger partial charge in [0, 0.05) is 17.1 Å². The van der Waals surface area contributed by atoms with Gasteiger partial charge in [-0.2, -0.15) is 0 Å². The first-order chi connectivity index (χ1) is 13.7. The fourth-order valence-corrected chi connectivity index (χ4v) is 2.70. The Morgan fingerprint density at radius 3 is 2.25 bits per heavy atom. The summed E-state index contributed by atoms with van der Waals surface area (Å²) < 4.78 is 5.80. The fourth-order valence-electron chi connectivity index (χ4n) is 2.70. The summed E-state index contributed by atoms with van der Waals surface area (Å²) in [5.41, 5.74) is 5.10. The first-order valence-corrected chi connectivity index (χ1v) is 8.67. The molecule has 0 fully saturated rings. The summed E-state index contributed by atoms with van der Waals surface area (Å²) in [4.78, 5) is 12.8. The number of aromatic hydroxyl groups is 1. The molecule has 6 heteroatoms. The number of rotatable bonds is 4. The predicted molar refractivity (Wildman–Crippen MR) is 108 cm³/mol. The first kappa shape index (κ1) is 17.4. The molecule has 0 aliphatic carbocycles. The average Bonchev–Trinajstić information content (AvgIpc) is 2.73. The van der Waals surface area contributed by atoms with Gasteiger partial charge in [0.25, 0.3) is 5.91 Å². The van der Waals surface area contributed by atoms with Crippen molar-refractivity contribution in [3.63, 3.8) is 0 Å². The number of hydrogen-bond donors (Lipinski definition) is 3. The van der Waals surface area contributed by atoms with E-state index in [1.165, 1.54) is 12.1 Å². The maximum Gasteiger partial charge on any atom is 0.261 e. The molecule has 4 aromatic rings. The summed E-state index contributed by atoms with van der Waals surface area (Å²) >= 11 is 0. The van der Waals surface area contributed by atoms with E-state index in [9.17, 15) is 9.90 Å². The van der Waals surface area contributed by atoms with Crippen LogP contribution in [-0.4, -0.2) is 11.0 Å². The molecule has 0 atom stereocenters. The molecule has 3 N–H and O–H groups in total.